The molecule has 3 aromatic rings. The Hall–Kier alpha value is -2.36. The molecular weight excluding hydrogens is 200 g/mol. The fourth-order valence-corrected chi connectivity index (χ4v) is 1.70. The number of rotatable bonds is 2. The van der Waals surface area contributed by atoms with Crippen LogP contribution in [0.4, 0.5) is 0 Å². The van der Waals surface area contributed by atoms with Crippen molar-refractivity contribution in [3.63, 3.8) is 0 Å². The summed E-state index contributed by atoms with van der Waals surface area (Å²) in [5.74, 6) is 1.64. The van der Waals surface area contributed by atoms with Crippen molar-refractivity contribution in [2.45, 2.75) is 0 Å². The largest absolute Gasteiger partial charge is 0.345 e. The topological polar surface area (TPSA) is 57.4 Å². The Labute approximate surface area is 92.1 Å². The molecule has 0 spiro atoms. The predicted molar refractivity (Wildman–Crippen MR) is 63.8 cm³/mol. The molecule has 2 N–H and O–H groups in total. The number of hydrogen-bond acceptors (Lipinski definition) is 2. The number of nitrogens with one attached hydrogen (secondary N) is 2. The molecule has 0 saturated carbocycles. The van der Waals surface area contributed by atoms with E-state index in [1.165, 1.54) is 0 Å². The lowest BCUT2D eigenvalue weighted by Gasteiger charge is -1.95. The molecule has 4 heteroatoms. The van der Waals surface area contributed by atoms with Crippen LogP contribution in [0.1, 0.15) is 5.82 Å². The van der Waals surface area contributed by atoms with Crippen molar-refractivity contribution >= 4 is 17.1 Å². The molecule has 2 aromatic heterocycles. The van der Waals surface area contributed by atoms with E-state index in [1.54, 1.807) is 12.3 Å². The van der Waals surface area contributed by atoms with Gasteiger partial charge in [0.1, 0.15) is 11.6 Å². The minimum absolute atomic E-state index is 0.784. The molecule has 0 unspecified atom stereocenters. The minimum atomic E-state index is 0.784. The molecule has 2 heterocycles. The van der Waals surface area contributed by atoms with Gasteiger partial charge in [-0.2, -0.15) is 0 Å². The maximum Gasteiger partial charge on any atom is 0.137 e. The number of hydrogen-bond donors (Lipinski definition) is 2. The molecule has 0 atom stereocenters. The van der Waals surface area contributed by atoms with Gasteiger partial charge in [0.15, 0.2) is 0 Å². The predicted octanol–water partition coefficient (Wildman–Crippen LogP) is 2.60. The summed E-state index contributed by atoms with van der Waals surface area (Å²) in [6.45, 7) is 3.69. The summed E-state index contributed by atoms with van der Waals surface area (Å²) in [5.41, 5.74) is 2.96. The molecule has 0 aliphatic heterocycles. The van der Waals surface area contributed by atoms with Crippen LogP contribution < -0.4 is 0 Å². The van der Waals surface area contributed by atoms with Gasteiger partial charge in [0, 0.05) is 18.0 Å². The van der Waals surface area contributed by atoms with Crippen LogP contribution in [0.15, 0.2) is 37.2 Å². The SMILES string of the molecule is C=Cc1nc2ccc(-c3ncc[nH]3)cc2[nH]1. The second kappa shape index (κ2) is 3.34. The summed E-state index contributed by atoms with van der Waals surface area (Å²) >= 11 is 0. The smallest absolute Gasteiger partial charge is 0.137 e. The van der Waals surface area contributed by atoms with Gasteiger partial charge in [-0.3, -0.25) is 0 Å². The van der Waals surface area contributed by atoms with Crippen LogP contribution in [0, 0.1) is 0 Å². The lowest BCUT2D eigenvalue weighted by Crippen LogP contribution is -1.80. The third-order valence-electron chi connectivity index (χ3n) is 2.47. The zero-order valence-corrected chi connectivity index (χ0v) is 8.57. The number of nitrogens with zero attached hydrogens (tertiary/aromatic N) is 2. The van der Waals surface area contributed by atoms with E-state index in [1.807, 2.05) is 24.4 Å². The standard InChI is InChI=1S/C12H10N4/c1-2-11-15-9-4-3-8(7-10(9)16-11)12-13-5-6-14-12/h2-7H,1H2,(H,13,14)(H,15,16). The van der Waals surface area contributed by atoms with E-state index in [-0.39, 0.29) is 0 Å². The van der Waals surface area contributed by atoms with E-state index in [9.17, 15) is 0 Å². The van der Waals surface area contributed by atoms with Crippen LogP contribution in [-0.4, -0.2) is 19.9 Å². The number of fused-ring (bicyclic) bond motifs is 1. The minimum Gasteiger partial charge on any atom is -0.345 e. The molecule has 4 nitrogen and oxygen atoms in total. The van der Waals surface area contributed by atoms with Crippen molar-refractivity contribution in [3.8, 4) is 11.4 Å². The maximum atomic E-state index is 4.35. The van der Waals surface area contributed by atoms with Gasteiger partial charge >= 0.3 is 0 Å². The fraction of sp³-hybridized carbons (Fsp3) is 0. The maximum absolute atomic E-state index is 4.35. The van der Waals surface area contributed by atoms with Crippen LogP contribution in [0.5, 0.6) is 0 Å². The van der Waals surface area contributed by atoms with Crippen LogP contribution >= 0.6 is 0 Å². The van der Waals surface area contributed by atoms with Gasteiger partial charge in [0.2, 0.25) is 0 Å². The third-order valence-corrected chi connectivity index (χ3v) is 2.47. The first-order valence-electron chi connectivity index (χ1n) is 4.99. The van der Waals surface area contributed by atoms with E-state index in [0.717, 1.165) is 28.2 Å². The monoisotopic (exact) mass is 210 g/mol. The zero-order valence-electron chi connectivity index (χ0n) is 8.57. The van der Waals surface area contributed by atoms with Gasteiger partial charge in [-0.25, -0.2) is 9.97 Å². The highest BCUT2D eigenvalue weighted by Crippen LogP contribution is 2.20. The Morgan fingerprint density at radius 2 is 2.25 bits per heavy atom. The number of aromatic amines is 2. The molecule has 78 valence electrons. The van der Waals surface area contributed by atoms with E-state index >= 15 is 0 Å². The van der Waals surface area contributed by atoms with Crippen LogP contribution in [0.3, 0.4) is 0 Å². The first-order valence-corrected chi connectivity index (χ1v) is 4.99. The lowest BCUT2D eigenvalue weighted by atomic mass is 10.2. The first kappa shape index (κ1) is 8.91. The second-order valence-electron chi connectivity index (χ2n) is 3.50. The molecule has 0 aliphatic rings. The first-order chi connectivity index (χ1) is 7.86. The lowest BCUT2D eigenvalue weighted by molar-refractivity contribution is 1.29. The summed E-state index contributed by atoms with van der Waals surface area (Å²) in [5, 5.41) is 0. The average molecular weight is 210 g/mol. The molecule has 3 rings (SSSR count). The molecule has 0 amide bonds. The fourth-order valence-electron chi connectivity index (χ4n) is 1.70. The number of aromatic nitrogens is 4. The molecule has 0 aliphatic carbocycles. The van der Waals surface area contributed by atoms with E-state index in [4.69, 9.17) is 0 Å². The molecule has 16 heavy (non-hydrogen) atoms. The van der Waals surface area contributed by atoms with Crippen LogP contribution in [-0.2, 0) is 0 Å². The molecular formula is C12H10N4. The van der Waals surface area contributed by atoms with Crippen molar-refractivity contribution in [2.75, 3.05) is 0 Å². The van der Waals surface area contributed by atoms with Crippen molar-refractivity contribution in [1.29, 1.82) is 0 Å². The second-order valence-corrected chi connectivity index (χ2v) is 3.50. The summed E-state index contributed by atoms with van der Waals surface area (Å²) in [6.07, 6.45) is 5.25. The Morgan fingerprint density at radius 3 is 3.00 bits per heavy atom. The summed E-state index contributed by atoms with van der Waals surface area (Å²) < 4.78 is 0. The van der Waals surface area contributed by atoms with Crippen LogP contribution in [0.25, 0.3) is 28.5 Å². The normalized spacial score (nSPS) is 10.8. The molecule has 0 fully saturated rings. The Morgan fingerprint density at radius 1 is 1.31 bits per heavy atom. The number of H-pyrrole nitrogens is 2. The van der Waals surface area contributed by atoms with Gasteiger partial charge < -0.3 is 9.97 Å². The summed E-state index contributed by atoms with van der Waals surface area (Å²) in [7, 11) is 0. The van der Waals surface area contributed by atoms with E-state index in [2.05, 4.69) is 26.5 Å². The highest BCUT2D eigenvalue weighted by molar-refractivity contribution is 5.81. The number of benzene rings is 1. The molecule has 1 aromatic carbocycles. The van der Waals surface area contributed by atoms with E-state index < -0.39 is 0 Å². The highest BCUT2D eigenvalue weighted by atomic mass is 14.9. The van der Waals surface area contributed by atoms with Crippen molar-refractivity contribution in [3.05, 3.63) is 43.0 Å². The van der Waals surface area contributed by atoms with Gasteiger partial charge in [0.05, 0.1) is 11.0 Å². The molecule has 0 saturated heterocycles. The summed E-state index contributed by atoms with van der Waals surface area (Å²) in [4.78, 5) is 14.8. The highest BCUT2D eigenvalue weighted by Gasteiger charge is 2.04. The van der Waals surface area contributed by atoms with Gasteiger partial charge in [0.25, 0.3) is 0 Å². The van der Waals surface area contributed by atoms with Gasteiger partial charge in [-0.15, -0.1) is 0 Å². The molecule has 0 bridgehead atoms. The number of imidazole rings is 2. The van der Waals surface area contributed by atoms with Crippen molar-refractivity contribution in [2.24, 2.45) is 0 Å². The van der Waals surface area contributed by atoms with Gasteiger partial charge in [-0.05, 0) is 24.3 Å². The van der Waals surface area contributed by atoms with Crippen LogP contribution in [0.2, 0.25) is 0 Å². The Bertz CT molecular complexity index is 634. The Kier molecular flexibility index (Phi) is 1.86. The molecule has 0 radical (unpaired) electrons. The van der Waals surface area contributed by atoms with Gasteiger partial charge in [-0.1, -0.05) is 6.58 Å². The third kappa shape index (κ3) is 1.32. The summed E-state index contributed by atoms with van der Waals surface area (Å²) in [6, 6.07) is 5.99. The van der Waals surface area contributed by atoms with Crippen molar-refractivity contribution in [1.82, 2.24) is 19.9 Å². The quantitative estimate of drug-likeness (QED) is 0.683. The van der Waals surface area contributed by atoms with E-state index in [0.29, 0.717) is 0 Å². The average Bonchev–Trinajstić information content (AvgIpc) is 2.96. The zero-order chi connectivity index (χ0) is 11.0. The Balaban J connectivity index is 2.19. The van der Waals surface area contributed by atoms with Crippen molar-refractivity contribution < 1.29 is 0 Å².